The van der Waals surface area contributed by atoms with Gasteiger partial charge in [0.05, 0.1) is 12.2 Å². The summed E-state index contributed by atoms with van der Waals surface area (Å²) in [6.07, 6.45) is 10.3. The molecule has 1 N–H and O–H groups in total. The largest absolute Gasteiger partial charge is 0.373 e. The molecule has 2 aliphatic rings. The summed E-state index contributed by atoms with van der Waals surface area (Å²) in [4.78, 5) is 0. The van der Waals surface area contributed by atoms with Gasteiger partial charge in [0, 0.05) is 12.1 Å². The van der Waals surface area contributed by atoms with Gasteiger partial charge < -0.3 is 10.1 Å². The number of ether oxygens (including phenoxy) is 1. The van der Waals surface area contributed by atoms with Crippen molar-refractivity contribution in [3.63, 3.8) is 0 Å². The first kappa shape index (κ1) is 11.4. The summed E-state index contributed by atoms with van der Waals surface area (Å²) in [5.41, 5.74) is 0. The Balaban J connectivity index is 1.64. The van der Waals surface area contributed by atoms with Gasteiger partial charge in [-0.05, 0) is 32.6 Å². The third-order valence-corrected chi connectivity index (χ3v) is 3.85. The van der Waals surface area contributed by atoms with Gasteiger partial charge in [-0.2, -0.15) is 0 Å². The van der Waals surface area contributed by atoms with E-state index in [-0.39, 0.29) is 0 Å². The highest BCUT2D eigenvalue weighted by Gasteiger charge is 2.40. The number of fused-ring (bicyclic) bond motifs is 2. The van der Waals surface area contributed by atoms with E-state index in [0.717, 1.165) is 0 Å². The third kappa shape index (κ3) is 2.94. The van der Waals surface area contributed by atoms with Crippen molar-refractivity contribution in [2.75, 3.05) is 0 Å². The molecule has 88 valence electrons. The van der Waals surface area contributed by atoms with Crippen LogP contribution >= 0.6 is 0 Å². The molecule has 0 spiro atoms. The highest BCUT2D eigenvalue weighted by molar-refractivity contribution is 4.94. The minimum atomic E-state index is 0.531. The number of nitrogens with one attached hydrogen (secondary N) is 1. The summed E-state index contributed by atoms with van der Waals surface area (Å²) in [5, 5.41) is 3.74. The van der Waals surface area contributed by atoms with Crippen LogP contribution in [0.1, 0.15) is 58.8 Å². The lowest BCUT2D eigenvalue weighted by atomic mass is 9.94. The molecule has 4 unspecified atom stereocenters. The van der Waals surface area contributed by atoms with Gasteiger partial charge in [0.1, 0.15) is 0 Å². The van der Waals surface area contributed by atoms with Crippen molar-refractivity contribution in [3.05, 3.63) is 0 Å². The van der Waals surface area contributed by atoms with E-state index in [1.54, 1.807) is 0 Å². The normalized spacial score (nSPS) is 36.0. The fourth-order valence-corrected chi connectivity index (χ4v) is 2.96. The zero-order valence-electron chi connectivity index (χ0n) is 10.2. The predicted octanol–water partition coefficient (Wildman–Crippen LogP) is 2.86. The Kier molecular flexibility index (Phi) is 4.04. The van der Waals surface area contributed by atoms with Crippen molar-refractivity contribution < 1.29 is 4.74 Å². The highest BCUT2D eigenvalue weighted by Crippen LogP contribution is 2.34. The molecule has 0 radical (unpaired) electrons. The van der Waals surface area contributed by atoms with Crippen molar-refractivity contribution in [2.24, 2.45) is 0 Å². The maximum atomic E-state index is 5.85. The van der Waals surface area contributed by atoms with Crippen molar-refractivity contribution in [1.82, 2.24) is 5.32 Å². The average molecular weight is 211 g/mol. The van der Waals surface area contributed by atoms with Crippen LogP contribution in [0.15, 0.2) is 0 Å². The van der Waals surface area contributed by atoms with E-state index in [2.05, 4.69) is 19.2 Å². The van der Waals surface area contributed by atoms with Gasteiger partial charge >= 0.3 is 0 Å². The smallest absolute Gasteiger partial charge is 0.0733 e. The van der Waals surface area contributed by atoms with Crippen molar-refractivity contribution >= 4 is 0 Å². The Hall–Kier alpha value is -0.0800. The molecule has 0 aromatic carbocycles. The van der Waals surface area contributed by atoms with Crippen LogP contribution in [0.5, 0.6) is 0 Å². The number of unbranched alkanes of at least 4 members (excludes halogenated alkanes) is 2. The van der Waals surface area contributed by atoms with Gasteiger partial charge in [-0.1, -0.05) is 26.2 Å². The minimum absolute atomic E-state index is 0.531. The van der Waals surface area contributed by atoms with Gasteiger partial charge in [0.15, 0.2) is 0 Å². The first-order valence-corrected chi connectivity index (χ1v) is 6.71. The molecular weight excluding hydrogens is 186 g/mol. The topological polar surface area (TPSA) is 21.3 Å². The molecule has 2 rings (SSSR count). The molecule has 2 aliphatic heterocycles. The summed E-state index contributed by atoms with van der Waals surface area (Å²) >= 11 is 0. The zero-order valence-corrected chi connectivity index (χ0v) is 10.2. The van der Waals surface area contributed by atoms with Crippen molar-refractivity contribution in [1.29, 1.82) is 0 Å². The van der Waals surface area contributed by atoms with Crippen molar-refractivity contribution in [3.8, 4) is 0 Å². The molecule has 2 fully saturated rings. The lowest BCUT2D eigenvalue weighted by Crippen LogP contribution is -2.42. The second kappa shape index (κ2) is 5.31. The molecule has 2 bridgehead atoms. The lowest BCUT2D eigenvalue weighted by molar-refractivity contribution is 0.0960. The van der Waals surface area contributed by atoms with Gasteiger partial charge in [-0.15, -0.1) is 0 Å². The molecular formula is C13H25NO. The van der Waals surface area contributed by atoms with E-state index in [4.69, 9.17) is 4.74 Å². The van der Waals surface area contributed by atoms with Crippen LogP contribution in [-0.4, -0.2) is 24.3 Å². The van der Waals surface area contributed by atoms with Crippen molar-refractivity contribution in [2.45, 2.75) is 83.1 Å². The number of hydrogen-bond donors (Lipinski definition) is 1. The molecule has 2 nitrogen and oxygen atoms in total. The molecule has 0 saturated carbocycles. The van der Waals surface area contributed by atoms with Crippen LogP contribution in [0.3, 0.4) is 0 Å². The third-order valence-electron chi connectivity index (χ3n) is 3.85. The number of rotatable bonds is 6. The predicted molar refractivity (Wildman–Crippen MR) is 63.0 cm³/mol. The van der Waals surface area contributed by atoms with Gasteiger partial charge in [-0.3, -0.25) is 0 Å². The van der Waals surface area contributed by atoms with E-state index in [1.165, 1.54) is 44.9 Å². The molecule has 0 amide bonds. The average Bonchev–Trinajstić information content (AvgIpc) is 2.79. The van der Waals surface area contributed by atoms with Gasteiger partial charge in [0.2, 0.25) is 0 Å². The van der Waals surface area contributed by atoms with Crippen LogP contribution in [-0.2, 0) is 4.74 Å². The van der Waals surface area contributed by atoms with Gasteiger partial charge in [-0.25, -0.2) is 0 Å². The second-order valence-electron chi connectivity index (χ2n) is 5.28. The Bertz CT molecular complexity index is 195. The molecule has 2 heterocycles. The second-order valence-corrected chi connectivity index (χ2v) is 5.28. The first-order chi connectivity index (χ1) is 7.29. The summed E-state index contributed by atoms with van der Waals surface area (Å²) in [6.45, 7) is 4.59. The minimum Gasteiger partial charge on any atom is -0.373 e. The summed E-state index contributed by atoms with van der Waals surface area (Å²) in [7, 11) is 0. The zero-order chi connectivity index (χ0) is 10.7. The van der Waals surface area contributed by atoms with E-state index in [9.17, 15) is 0 Å². The van der Waals surface area contributed by atoms with E-state index >= 15 is 0 Å². The molecule has 15 heavy (non-hydrogen) atoms. The van der Waals surface area contributed by atoms with Crippen LogP contribution in [0.25, 0.3) is 0 Å². The van der Waals surface area contributed by atoms with Gasteiger partial charge in [0.25, 0.3) is 0 Å². The van der Waals surface area contributed by atoms with Crippen LogP contribution in [0.2, 0.25) is 0 Å². The van der Waals surface area contributed by atoms with Crippen LogP contribution in [0.4, 0.5) is 0 Å². The van der Waals surface area contributed by atoms with E-state index < -0.39 is 0 Å². The Morgan fingerprint density at radius 2 is 2.20 bits per heavy atom. The standard InChI is InChI=1S/C13H25NO/c1-3-4-5-6-10(2)14-12-9-11-7-8-13(12)15-11/h10-14H,3-9H2,1-2H3. The Morgan fingerprint density at radius 3 is 2.80 bits per heavy atom. The monoisotopic (exact) mass is 211 g/mol. The SMILES string of the molecule is CCCCCC(C)NC1CC2CCC1O2. The fourth-order valence-electron chi connectivity index (χ4n) is 2.96. The maximum absolute atomic E-state index is 5.85. The van der Waals surface area contributed by atoms with Crippen LogP contribution in [0, 0.1) is 0 Å². The molecule has 0 aliphatic carbocycles. The molecule has 2 saturated heterocycles. The summed E-state index contributed by atoms with van der Waals surface area (Å²) < 4.78 is 5.85. The summed E-state index contributed by atoms with van der Waals surface area (Å²) in [6, 6.07) is 1.32. The first-order valence-electron chi connectivity index (χ1n) is 6.71. The Morgan fingerprint density at radius 1 is 1.33 bits per heavy atom. The molecule has 0 aromatic heterocycles. The van der Waals surface area contributed by atoms with E-state index in [1.807, 2.05) is 0 Å². The lowest BCUT2D eigenvalue weighted by Gasteiger charge is -2.24. The summed E-state index contributed by atoms with van der Waals surface area (Å²) in [5.74, 6) is 0. The molecule has 4 atom stereocenters. The molecule has 2 heteroatoms. The highest BCUT2D eigenvalue weighted by atomic mass is 16.5. The number of hydrogen-bond acceptors (Lipinski definition) is 2. The maximum Gasteiger partial charge on any atom is 0.0733 e. The molecule has 0 aromatic rings. The van der Waals surface area contributed by atoms with E-state index in [0.29, 0.717) is 24.3 Å². The Labute approximate surface area is 93.8 Å². The quantitative estimate of drug-likeness (QED) is 0.682. The van der Waals surface area contributed by atoms with Crippen LogP contribution < -0.4 is 5.32 Å². The fraction of sp³-hybridized carbons (Fsp3) is 1.00.